The summed E-state index contributed by atoms with van der Waals surface area (Å²) in [6.07, 6.45) is 9.86. The average Bonchev–Trinajstić information content (AvgIpc) is 3.78. The summed E-state index contributed by atoms with van der Waals surface area (Å²) in [5.74, 6) is -0.238. The quantitative estimate of drug-likeness (QED) is 0.292. The Kier molecular flexibility index (Phi) is 7.51. The Morgan fingerprint density at radius 1 is 1.00 bits per heavy atom. The second-order valence-electron chi connectivity index (χ2n) is 10.2. The number of piperidine rings is 1. The number of pyridine rings is 1. The number of nitrogen functional groups attached to an aromatic ring is 1. The van der Waals surface area contributed by atoms with E-state index in [1.54, 1.807) is 24.4 Å². The third-order valence-corrected chi connectivity index (χ3v) is 7.26. The Bertz CT molecular complexity index is 1230. The van der Waals surface area contributed by atoms with Crippen molar-refractivity contribution in [2.24, 2.45) is 0 Å². The van der Waals surface area contributed by atoms with Gasteiger partial charge < -0.3 is 21.1 Å². The monoisotopic (exact) mass is 497 g/mol. The van der Waals surface area contributed by atoms with Gasteiger partial charge >= 0.3 is 0 Å². The van der Waals surface area contributed by atoms with Crippen molar-refractivity contribution in [3.8, 4) is 0 Å². The number of nitrogens with zero attached hydrogens (tertiary/aromatic N) is 2. The van der Waals surface area contributed by atoms with Crippen molar-refractivity contribution in [3.63, 3.8) is 0 Å². The maximum atomic E-state index is 12.7. The summed E-state index contributed by atoms with van der Waals surface area (Å²) >= 11 is 0. The van der Waals surface area contributed by atoms with Gasteiger partial charge in [0, 0.05) is 46.3 Å². The number of rotatable bonds is 6. The zero-order chi connectivity index (χ0) is 25.8. The number of hydrogen-bond donors (Lipinski definition) is 4. The van der Waals surface area contributed by atoms with Gasteiger partial charge in [-0.05, 0) is 68.1 Å². The van der Waals surface area contributed by atoms with Crippen LogP contribution in [-0.2, 0) is 6.54 Å². The summed E-state index contributed by atoms with van der Waals surface area (Å²) in [6, 6.07) is 19.3. The van der Waals surface area contributed by atoms with Gasteiger partial charge in [-0.1, -0.05) is 37.5 Å². The highest BCUT2D eigenvalue weighted by Crippen LogP contribution is 2.39. The third kappa shape index (κ3) is 6.00. The fraction of sp³-hybridized carbons (Fsp3) is 0.367. The number of aliphatic hydroxyl groups excluding tert-OH is 1. The first kappa shape index (κ1) is 25.0. The Morgan fingerprint density at radius 2 is 1.68 bits per heavy atom. The molecule has 5 N–H and O–H groups in total. The molecule has 1 aromatic heterocycles. The van der Waals surface area contributed by atoms with Crippen LogP contribution in [0.15, 0.2) is 66.9 Å². The van der Waals surface area contributed by atoms with Crippen LogP contribution in [0.5, 0.6) is 0 Å². The van der Waals surface area contributed by atoms with E-state index in [9.17, 15) is 9.90 Å². The van der Waals surface area contributed by atoms with E-state index in [0.29, 0.717) is 35.4 Å². The molecule has 7 nitrogen and oxygen atoms in total. The first-order chi connectivity index (χ1) is 18.0. The van der Waals surface area contributed by atoms with Crippen LogP contribution in [0.25, 0.3) is 0 Å². The minimum absolute atomic E-state index is 0.197. The molecule has 2 aliphatic heterocycles. The molecule has 2 saturated heterocycles. The number of nitrogens with one attached hydrogen (secondary N) is 2. The second kappa shape index (κ2) is 11.1. The van der Waals surface area contributed by atoms with Gasteiger partial charge in [0.05, 0.1) is 24.1 Å². The largest absolute Gasteiger partial charge is 0.398 e. The smallest absolute Gasteiger partial charge is 0.251 e. The molecular weight excluding hydrogens is 462 g/mol. The van der Waals surface area contributed by atoms with Gasteiger partial charge in [0.25, 0.3) is 5.91 Å². The van der Waals surface area contributed by atoms with E-state index >= 15 is 0 Å². The topological polar surface area (TPSA) is 115 Å². The van der Waals surface area contributed by atoms with Crippen LogP contribution in [0.4, 0.5) is 11.4 Å². The molecule has 2 atom stereocenters. The van der Waals surface area contributed by atoms with Crippen LogP contribution in [0.2, 0.25) is 0 Å². The molecule has 2 aromatic carbocycles. The molecule has 3 heterocycles. The van der Waals surface area contributed by atoms with E-state index in [-0.39, 0.29) is 17.7 Å². The molecule has 0 radical (unpaired) electrons. The van der Waals surface area contributed by atoms with Crippen LogP contribution in [-0.4, -0.2) is 39.9 Å². The molecule has 7 heteroatoms. The van der Waals surface area contributed by atoms with Crippen molar-refractivity contribution < 1.29 is 9.90 Å². The number of nitrogens with two attached hydrogens (primary N) is 1. The van der Waals surface area contributed by atoms with Gasteiger partial charge in [0.15, 0.2) is 0 Å². The fourth-order valence-corrected chi connectivity index (χ4v) is 5.22. The number of fused-ring (bicyclic) bond motifs is 2. The van der Waals surface area contributed by atoms with Crippen molar-refractivity contribution >= 4 is 23.0 Å². The molecule has 3 aliphatic rings. The lowest BCUT2D eigenvalue weighted by atomic mass is 9.96. The van der Waals surface area contributed by atoms with Crippen molar-refractivity contribution in [1.82, 2.24) is 10.3 Å². The molecule has 1 saturated carbocycles. The number of hydrogen-bond acceptors (Lipinski definition) is 6. The highest BCUT2D eigenvalue weighted by molar-refractivity contribution is 6.15. The van der Waals surface area contributed by atoms with E-state index in [4.69, 9.17) is 11.1 Å². The third-order valence-electron chi connectivity index (χ3n) is 7.26. The van der Waals surface area contributed by atoms with Crippen LogP contribution >= 0.6 is 0 Å². The maximum Gasteiger partial charge on any atom is 0.251 e. The minimum atomic E-state index is -0.238. The van der Waals surface area contributed by atoms with Crippen LogP contribution in [0.1, 0.15) is 72.1 Å². The standard InChI is InChI=1S/C27H29N5O2.C3H6/c28-25-11-6-18(27(34)31-16-19-3-1-2-12-30-19)13-24(25)26(29)17-4-7-20(8-5-17)32-21-9-10-22(32)15-23(33)14-21;1-2-3-1/h1-8,11-13,21-23,29,33H,9-10,14-16,28H2,(H,31,34);1-3H2. The van der Waals surface area contributed by atoms with Crippen LogP contribution in [0.3, 0.4) is 0 Å². The number of aliphatic hydroxyl groups is 1. The summed E-state index contributed by atoms with van der Waals surface area (Å²) in [5, 5.41) is 21.7. The van der Waals surface area contributed by atoms with Gasteiger partial charge in [-0.2, -0.15) is 0 Å². The number of benzene rings is 2. The fourth-order valence-electron chi connectivity index (χ4n) is 5.22. The lowest BCUT2D eigenvalue weighted by Gasteiger charge is -2.39. The Morgan fingerprint density at radius 3 is 2.30 bits per heavy atom. The molecule has 0 spiro atoms. The molecular formula is C30H35N5O2. The molecule has 1 amide bonds. The first-order valence-electron chi connectivity index (χ1n) is 13.2. The highest BCUT2D eigenvalue weighted by Gasteiger charge is 2.40. The van der Waals surface area contributed by atoms with Crippen LogP contribution in [0, 0.1) is 5.41 Å². The normalized spacial score (nSPS) is 21.5. The molecule has 37 heavy (non-hydrogen) atoms. The zero-order valence-electron chi connectivity index (χ0n) is 21.1. The zero-order valence-corrected chi connectivity index (χ0v) is 21.1. The van der Waals surface area contributed by atoms with Crippen molar-refractivity contribution in [1.29, 1.82) is 5.41 Å². The van der Waals surface area contributed by atoms with Gasteiger partial charge in [-0.15, -0.1) is 0 Å². The van der Waals surface area contributed by atoms with Crippen molar-refractivity contribution in [2.75, 3.05) is 10.6 Å². The predicted molar refractivity (Wildman–Crippen MR) is 147 cm³/mol. The number of aromatic nitrogens is 1. The molecule has 2 bridgehead atoms. The Balaban J connectivity index is 0.000000872. The number of anilines is 2. The SMILES string of the molecule is C1CC1.N=C(c1ccc(N2C3CCC2CC(O)C3)cc1)c1cc(C(=O)NCc2ccccn2)ccc1N. The molecule has 2 unspecified atom stereocenters. The molecule has 1 aliphatic carbocycles. The molecule has 3 aromatic rings. The van der Waals surface area contributed by atoms with Crippen molar-refractivity contribution in [2.45, 2.75) is 69.7 Å². The molecule has 3 fully saturated rings. The number of amides is 1. The van der Waals surface area contributed by atoms with E-state index in [1.165, 1.54) is 19.3 Å². The summed E-state index contributed by atoms with van der Waals surface area (Å²) in [6.45, 7) is 0.327. The second-order valence-corrected chi connectivity index (χ2v) is 10.2. The van der Waals surface area contributed by atoms with E-state index in [1.807, 2.05) is 42.5 Å². The van der Waals surface area contributed by atoms with Gasteiger partial charge in [0.2, 0.25) is 0 Å². The summed E-state index contributed by atoms with van der Waals surface area (Å²) in [5.41, 5.74) is 10.5. The minimum Gasteiger partial charge on any atom is -0.398 e. The molecule has 6 rings (SSSR count). The number of carbonyl (C=O) groups excluding carboxylic acids is 1. The van der Waals surface area contributed by atoms with Gasteiger partial charge in [-0.25, -0.2) is 0 Å². The molecule has 192 valence electrons. The lowest BCUT2D eigenvalue weighted by molar-refractivity contribution is 0.0950. The Hall–Kier alpha value is -3.71. The van der Waals surface area contributed by atoms with Crippen LogP contribution < -0.4 is 16.0 Å². The van der Waals surface area contributed by atoms with Gasteiger partial charge in [-0.3, -0.25) is 15.2 Å². The summed E-state index contributed by atoms with van der Waals surface area (Å²) in [7, 11) is 0. The van der Waals surface area contributed by atoms with E-state index < -0.39 is 0 Å². The predicted octanol–water partition coefficient (Wildman–Crippen LogP) is 4.67. The lowest BCUT2D eigenvalue weighted by Crippen LogP contribution is -2.44. The maximum absolute atomic E-state index is 12.7. The van der Waals surface area contributed by atoms with E-state index in [2.05, 4.69) is 15.2 Å². The van der Waals surface area contributed by atoms with E-state index in [0.717, 1.165) is 42.6 Å². The van der Waals surface area contributed by atoms with Crippen molar-refractivity contribution in [3.05, 3.63) is 89.2 Å². The summed E-state index contributed by atoms with van der Waals surface area (Å²) < 4.78 is 0. The number of carbonyl (C=O) groups is 1. The first-order valence-corrected chi connectivity index (χ1v) is 13.2. The average molecular weight is 498 g/mol. The highest BCUT2D eigenvalue weighted by atomic mass is 16.3. The van der Waals surface area contributed by atoms with Gasteiger partial charge in [0.1, 0.15) is 0 Å². The Labute approximate surface area is 218 Å². The summed E-state index contributed by atoms with van der Waals surface area (Å²) in [4.78, 5) is 19.3.